The van der Waals surface area contributed by atoms with Crippen LogP contribution in [-0.4, -0.2) is 26.6 Å². The van der Waals surface area contributed by atoms with Crippen LogP contribution in [0.3, 0.4) is 0 Å². The first-order valence-corrected chi connectivity index (χ1v) is 6.00. The molecule has 0 fully saturated rings. The Balaban J connectivity index is 0.00000144. The molecule has 0 bridgehead atoms. The van der Waals surface area contributed by atoms with E-state index >= 15 is 0 Å². The molecule has 13 heavy (non-hydrogen) atoms. The number of hydrogen-bond donors (Lipinski definition) is 0. The van der Waals surface area contributed by atoms with E-state index in [2.05, 4.69) is 55.8 Å². The van der Waals surface area contributed by atoms with Gasteiger partial charge in [0.15, 0.2) is 4.90 Å². The average molecular weight is 218 g/mol. The molecule has 0 unspecified atom stereocenters. The first kappa shape index (κ1) is 12.7. The standard InChI is InChI=1S/C10H16NS.ClH/c1-11(2)9-5-7-10(8-6-9)12(3)4;/h5-8H,1-4H3;1H/q+1;/p-1. The lowest BCUT2D eigenvalue weighted by molar-refractivity contribution is -0.00000267. The van der Waals surface area contributed by atoms with E-state index in [9.17, 15) is 0 Å². The van der Waals surface area contributed by atoms with E-state index in [1.807, 2.05) is 0 Å². The Bertz CT molecular complexity index is 217. The molecule has 0 spiro atoms. The minimum atomic E-state index is 0. The lowest BCUT2D eigenvalue weighted by atomic mass is 10.3. The molecule has 0 aromatic heterocycles. The van der Waals surface area contributed by atoms with Crippen LogP contribution in [0.5, 0.6) is 0 Å². The maximum absolute atomic E-state index is 2.24. The molecule has 0 saturated carbocycles. The molecule has 0 heterocycles. The van der Waals surface area contributed by atoms with Gasteiger partial charge >= 0.3 is 0 Å². The molecule has 1 aromatic rings. The lowest BCUT2D eigenvalue weighted by Gasteiger charge is -2.11. The van der Waals surface area contributed by atoms with Crippen molar-refractivity contribution in [3.63, 3.8) is 0 Å². The summed E-state index contributed by atoms with van der Waals surface area (Å²) in [7, 11) is 4.51. The quantitative estimate of drug-likeness (QED) is 0.575. The van der Waals surface area contributed by atoms with E-state index in [0.717, 1.165) is 0 Å². The van der Waals surface area contributed by atoms with Gasteiger partial charge in [0, 0.05) is 30.7 Å². The summed E-state index contributed by atoms with van der Waals surface area (Å²) < 4.78 is 0. The Kier molecular flexibility index (Phi) is 5.26. The van der Waals surface area contributed by atoms with Gasteiger partial charge in [0.2, 0.25) is 0 Å². The fraction of sp³-hybridized carbons (Fsp3) is 0.400. The zero-order valence-electron chi connectivity index (χ0n) is 8.54. The van der Waals surface area contributed by atoms with Crippen molar-refractivity contribution >= 4 is 16.6 Å². The van der Waals surface area contributed by atoms with Gasteiger partial charge in [-0.3, -0.25) is 0 Å². The van der Waals surface area contributed by atoms with Gasteiger partial charge < -0.3 is 17.3 Å². The second-order valence-electron chi connectivity index (χ2n) is 3.20. The van der Waals surface area contributed by atoms with E-state index in [1.165, 1.54) is 10.6 Å². The fourth-order valence-corrected chi connectivity index (χ4v) is 1.70. The average Bonchev–Trinajstić information content (AvgIpc) is 2.04. The largest absolute Gasteiger partial charge is 1.00 e. The molecule has 0 amide bonds. The van der Waals surface area contributed by atoms with Gasteiger partial charge in [0.05, 0.1) is 0 Å². The Morgan fingerprint density at radius 2 is 1.46 bits per heavy atom. The van der Waals surface area contributed by atoms with Gasteiger partial charge in [-0.2, -0.15) is 0 Å². The van der Waals surface area contributed by atoms with Crippen LogP contribution in [0.15, 0.2) is 29.2 Å². The summed E-state index contributed by atoms with van der Waals surface area (Å²) in [6.45, 7) is 0. The van der Waals surface area contributed by atoms with Gasteiger partial charge in [0.1, 0.15) is 12.5 Å². The number of anilines is 1. The summed E-state index contributed by atoms with van der Waals surface area (Å²) in [6.07, 6.45) is 4.48. The summed E-state index contributed by atoms with van der Waals surface area (Å²) in [5.41, 5.74) is 1.27. The minimum absolute atomic E-state index is 0. The molecule has 74 valence electrons. The minimum Gasteiger partial charge on any atom is -1.00 e. The van der Waals surface area contributed by atoms with Crippen molar-refractivity contribution < 1.29 is 12.4 Å². The number of halogens is 1. The summed E-state index contributed by atoms with van der Waals surface area (Å²) in [6, 6.07) is 8.75. The van der Waals surface area contributed by atoms with Crippen molar-refractivity contribution in [2.24, 2.45) is 0 Å². The van der Waals surface area contributed by atoms with Crippen LogP contribution in [0, 0.1) is 0 Å². The Hall–Kier alpha value is -0.340. The number of hydrogen-bond acceptors (Lipinski definition) is 1. The van der Waals surface area contributed by atoms with Crippen molar-refractivity contribution in [1.29, 1.82) is 0 Å². The number of benzene rings is 1. The van der Waals surface area contributed by atoms with Crippen LogP contribution < -0.4 is 17.3 Å². The molecule has 0 aliphatic rings. The predicted molar refractivity (Wildman–Crippen MR) is 58.2 cm³/mol. The molecular weight excluding hydrogens is 202 g/mol. The molecule has 0 atom stereocenters. The van der Waals surface area contributed by atoms with Gasteiger partial charge in [-0.25, -0.2) is 0 Å². The first-order valence-electron chi connectivity index (χ1n) is 3.96. The molecule has 1 nitrogen and oxygen atoms in total. The third-order valence-corrected chi connectivity index (χ3v) is 3.04. The van der Waals surface area contributed by atoms with Crippen molar-refractivity contribution in [3.05, 3.63) is 24.3 Å². The summed E-state index contributed by atoms with van der Waals surface area (Å²) >= 11 is 0. The highest BCUT2D eigenvalue weighted by molar-refractivity contribution is 7.95. The van der Waals surface area contributed by atoms with Crippen molar-refractivity contribution in [2.75, 3.05) is 31.5 Å². The first-order chi connectivity index (χ1) is 5.61. The van der Waals surface area contributed by atoms with Crippen LogP contribution in [0.1, 0.15) is 0 Å². The molecule has 0 N–H and O–H groups in total. The molecule has 1 rings (SSSR count). The second-order valence-corrected chi connectivity index (χ2v) is 5.31. The van der Waals surface area contributed by atoms with E-state index in [-0.39, 0.29) is 12.4 Å². The Labute approximate surface area is 89.9 Å². The van der Waals surface area contributed by atoms with Gasteiger partial charge in [-0.05, 0) is 24.3 Å². The van der Waals surface area contributed by atoms with Crippen LogP contribution in [0.25, 0.3) is 0 Å². The zero-order valence-corrected chi connectivity index (χ0v) is 10.1. The van der Waals surface area contributed by atoms with Gasteiger partial charge in [-0.15, -0.1) is 0 Å². The van der Waals surface area contributed by atoms with Crippen LogP contribution in [-0.2, 0) is 10.9 Å². The predicted octanol–water partition coefficient (Wildman–Crippen LogP) is -1.01. The lowest BCUT2D eigenvalue weighted by Crippen LogP contribution is -3.00. The molecule has 0 aliphatic carbocycles. The SMILES string of the molecule is CN(C)c1ccc([S+](C)C)cc1.[Cl-]. The maximum Gasteiger partial charge on any atom is 0.154 e. The molecule has 0 radical (unpaired) electrons. The third kappa shape index (κ3) is 3.49. The summed E-state index contributed by atoms with van der Waals surface area (Å²) in [5, 5.41) is 0. The van der Waals surface area contributed by atoms with E-state index in [4.69, 9.17) is 0 Å². The second kappa shape index (κ2) is 5.40. The van der Waals surface area contributed by atoms with Crippen molar-refractivity contribution in [3.8, 4) is 0 Å². The van der Waals surface area contributed by atoms with Gasteiger partial charge in [-0.1, -0.05) is 0 Å². The molecule has 1 aromatic carbocycles. The Morgan fingerprint density at radius 3 is 1.77 bits per heavy atom. The molecule has 0 aliphatic heterocycles. The topological polar surface area (TPSA) is 3.24 Å². The van der Waals surface area contributed by atoms with Crippen LogP contribution in [0.2, 0.25) is 0 Å². The van der Waals surface area contributed by atoms with Crippen LogP contribution >= 0.6 is 0 Å². The molecule has 0 saturated heterocycles. The summed E-state index contributed by atoms with van der Waals surface area (Å²) in [5.74, 6) is 0. The van der Waals surface area contributed by atoms with E-state index < -0.39 is 0 Å². The normalized spacial score (nSPS) is 9.62. The molecular formula is C10H16ClNS. The number of nitrogens with zero attached hydrogens (tertiary/aromatic N) is 1. The maximum atomic E-state index is 2.24. The monoisotopic (exact) mass is 217 g/mol. The van der Waals surface area contributed by atoms with Gasteiger partial charge in [0.25, 0.3) is 0 Å². The third-order valence-electron chi connectivity index (χ3n) is 1.82. The fourth-order valence-electron chi connectivity index (χ4n) is 1.02. The highest BCUT2D eigenvalue weighted by Crippen LogP contribution is 2.15. The molecule has 3 heteroatoms. The van der Waals surface area contributed by atoms with Crippen molar-refractivity contribution in [2.45, 2.75) is 4.90 Å². The van der Waals surface area contributed by atoms with E-state index in [1.54, 1.807) is 0 Å². The van der Waals surface area contributed by atoms with E-state index in [0.29, 0.717) is 10.9 Å². The van der Waals surface area contributed by atoms with Crippen LogP contribution in [0.4, 0.5) is 5.69 Å². The highest BCUT2D eigenvalue weighted by Gasteiger charge is 2.06. The summed E-state index contributed by atoms with van der Waals surface area (Å²) in [4.78, 5) is 3.55. The zero-order chi connectivity index (χ0) is 9.14. The Morgan fingerprint density at radius 1 is 1.00 bits per heavy atom. The smallest absolute Gasteiger partial charge is 0.154 e. The number of rotatable bonds is 2. The highest BCUT2D eigenvalue weighted by atomic mass is 35.5. The van der Waals surface area contributed by atoms with Crippen molar-refractivity contribution in [1.82, 2.24) is 0 Å².